The van der Waals surface area contributed by atoms with E-state index in [1.165, 1.54) is 0 Å². The zero-order valence-corrected chi connectivity index (χ0v) is 7.29. The quantitative estimate of drug-likeness (QED) is 0.594. The molecule has 0 bridgehead atoms. The van der Waals surface area contributed by atoms with Crippen LogP contribution >= 0.6 is 0 Å². The van der Waals surface area contributed by atoms with Gasteiger partial charge in [0, 0.05) is 14.2 Å². The molecular formula is C7H14N2O3. The van der Waals surface area contributed by atoms with E-state index in [1.807, 2.05) is 0 Å². The Labute approximate surface area is 71.4 Å². The van der Waals surface area contributed by atoms with E-state index in [4.69, 9.17) is 9.47 Å². The van der Waals surface area contributed by atoms with E-state index in [0.29, 0.717) is 13.2 Å². The van der Waals surface area contributed by atoms with E-state index in [2.05, 4.69) is 10.6 Å². The van der Waals surface area contributed by atoms with Crippen LogP contribution in [0.2, 0.25) is 0 Å². The van der Waals surface area contributed by atoms with Crippen molar-refractivity contribution in [1.82, 2.24) is 10.6 Å². The molecule has 0 aromatic heterocycles. The second-order valence-electron chi connectivity index (χ2n) is 2.74. The Morgan fingerprint density at radius 2 is 1.58 bits per heavy atom. The summed E-state index contributed by atoms with van der Waals surface area (Å²) >= 11 is 0. The van der Waals surface area contributed by atoms with Crippen LogP contribution in [0.25, 0.3) is 0 Å². The molecule has 70 valence electrons. The first-order chi connectivity index (χ1) is 5.77. The molecule has 1 heterocycles. The van der Waals surface area contributed by atoms with Crippen LogP contribution in [0, 0.1) is 0 Å². The molecule has 0 aromatic rings. The van der Waals surface area contributed by atoms with E-state index in [1.54, 1.807) is 14.2 Å². The van der Waals surface area contributed by atoms with Crippen molar-refractivity contribution in [2.75, 3.05) is 27.4 Å². The summed E-state index contributed by atoms with van der Waals surface area (Å²) in [5.41, 5.74) is 0. The molecule has 1 fully saturated rings. The van der Waals surface area contributed by atoms with E-state index in [9.17, 15) is 4.79 Å². The van der Waals surface area contributed by atoms with Gasteiger partial charge in [-0.3, -0.25) is 0 Å². The van der Waals surface area contributed by atoms with Crippen LogP contribution in [0.1, 0.15) is 0 Å². The fourth-order valence-electron chi connectivity index (χ4n) is 1.25. The number of amides is 2. The fraction of sp³-hybridized carbons (Fsp3) is 0.857. The molecule has 0 radical (unpaired) electrons. The number of methoxy groups -OCH3 is 2. The van der Waals surface area contributed by atoms with Crippen LogP contribution in [-0.4, -0.2) is 45.5 Å². The lowest BCUT2D eigenvalue weighted by Crippen LogP contribution is -2.40. The van der Waals surface area contributed by atoms with Gasteiger partial charge in [0.2, 0.25) is 0 Å². The van der Waals surface area contributed by atoms with Crippen molar-refractivity contribution in [2.45, 2.75) is 12.1 Å². The number of nitrogens with one attached hydrogen (secondary N) is 2. The van der Waals surface area contributed by atoms with Gasteiger partial charge in [-0.1, -0.05) is 0 Å². The van der Waals surface area contributed by atoms with E-state index in [-0.39, 0.29) is 18.1 Å². The molecule has 1 aliphatic heterocycles. The summed E-state index contributed by atoms with van der Waals surface area (Å²) in [6.45, 7) is 1.01. The number of rotatable bonds is 4. The topological polar surface area (TPSA) is 59.6 Å². The summed E-state index contributed by atoms with van der Waals surface area (Å²) in [5, 5.41) is 5.47. The lowest BCUT2D eigenvalue weighted by Gasteiger charge is -2.15. The Morgan fingerprint density at radius 1 is 1.17 bits per heavy atom. The third-order valence-corrected chi connectivity index (χ3v) is 1.81. The number of hydrogen-bond donors (Lipinski definition) is 2. The molecule has 1 rings (SSSR count). The number of ether oxygens (including phenoxy) is 2. The predicted octanol–water partition coefficient (Wildman–Crippen LogP) is -0.671. The van der Waals surface area contributed by atoms with Crippen LogP contribution in [0.5, 0.6) is 0 Å². The summed E-state index contributed by atoms with van der Waals surface area (Å²) in [7, 11) is 3.21. The van der Waals surface area contributed by atoms with Crippen molar-refractivity contribution in [3.63, 3.8) is 0 Å². The van der Waals surface area contributed by atoms with Crippen LogP contribution in [0.3, 0.4) is 0 Å². The molecule has 1 saturated heterocycles. The van der Waals surface area contributed by atoms with Crippen molar-refractivity contribution in [1.29, 1.82) is 0 Å². The summed E-state index contributed by atoms with van der Waals surface area (Å²) in [4.78, 5) is 10.9. The van der Waals surface area contributed by atoms with Gasteiger partial charge in [0.1, 0.15) is 0 Å². The number of carbonyl (C=O) groups is 1. The van der Waals surface area contributed by atoms with Gasteiger partial charge in [0.15, 0.2) is 0 Å². The van der Waals surface area contributed by atoms with Crippen LogP contribution < -0.4 is 10.6 Å². The van der Waals surface area contributed by atoms with E-state index >= 15 is 0 Å². The summed E-state index contributed by atoms with van der Waals surface area (Å²) in [6.07, 6.45) is 0. The lowest BCUT2D eigenvalue weighted by atomic mass is 10.2. The first-order valence-electron chi connectivity index (χ1n) is 3.83. The maximum absolute atomic E-state index is 10.9. The van der Waals surface area contributed by atoms with Gasteiger partial charge in [0.05, 0.1) is 25.3 Å². The van der Waals surface area contributed by atoms with Crippen molar-refractivity contribution in [2.24, 2.45) is 0 Å². The molecule has 12 heavy (non-hydrogen) atoms. The van der Waals surface area contributed by atoms with Crippen molar-refractivity contribution in [3.8, 4) is 0 Å². The largest absolute Gasteiger partial charge is 0.382 e. The normalized spacial score (nSPS) is 28.3. The highest BCUT2D eigenvalue weighted by Gasteiger charge is 2.30. The minimum Gasteiger partial charge on any atom is -0.382 e. The summed E-state index contributed by atoms with van der Waals surface area (Å²) < 4.78 is 9.88. The van der Waals surface area contributed by atoms with Gasteiger partial charge in [-0.15, -0.1) is 0 Å². The first-order valence-corrected chi connectivity index (χ1v) is 3.83. The maximum atomic E-state index is 10.9. The van der Waals surface area contributed by atoms with Gasteiger partial charge in [-0.05, 0) is 0 Å². The Hall–Kier alpha value is -0.810. The van der Waals surface area contributed by atoms with Gasteiger partial charge in [-0.2, -0.15) is 0 Å². The van der Waals surface area contributed by atoms with Gasteiger partial charge >= 0.3 is 6.03 Å². The van der Waals surface area contributed by atoms with E-state index < -0.39 is 0 Å². The number of urea groups is 1. The molecule has 0 unspecified atom stereocenters. The fourth-order valence-corrected chi connectivity index (χ4v) is 1.25. The van der Waals surface area contributed by atoms with Crippen molar-refractivity contribution >= 4 is 6.03 Å². The van der Waals surface area contributed by atoms with Crippen molar-refractivity contribution < 1.29 is 14.3 Å². The molecule has 0 aliphatic carbocycles. The Balaban J connectivity index is 2.41. The molecule has 0 spiro atoms. The molecular weight excluding hydrogens is 160 g/mol. The average molecular weight is 174 g/mol. The number of hydrogen-bond acceptors (Lipinski definition) is 3. The monoisotopic (exact) mass is 174 g/mol. The van der Waals surface area contributed by atoms with Crippen LogP contribution in [-0.2, 0) is 9.47 Å². The Bertz CT molecular complexity index is 147. The molecule has 0 saturated carbocycles. The van der Waals surface area contributed by atoms with Gasteiger partial charge in [-0.25, -0.2) is 4.79 Å². The van der Waals surface area contributed by atoms with Crippen LogP contribution in [0.4, 0.5) is 4.79 Å². The highest BCUT2D eigenvalue weighted by Crippen LogP contribution is 2.02. The molecule has 2 atom stereocenters. The summed E-state index contributed by atoms with van der Waals surface area (Å²) in [6, 6.07) is -0.121. The minimum absolute atomic E-state index is 0.0162. The number of carbonyl (C=O) groups excluding carboxylic acids is 1. The Morgan fingerprint density at radius 3 is 1.92 bits per heavy atom. The molecule has 1 aliphatic rings. The maximum Gasteiger partial charge on any atom is 0.315 e. The smallest absolute Gasteiger partial charge is 0.315 e. The lowest BCUT2D eigenvalue weighted by molar-refractivity contribution is 0.127. The third-order valence-electron chi connectivity index (χ3n) is 1.81. The average Bonchev–Trinajstić information content (AvgIpc) is 2.33. The highest BCUT2D eigenvalue weighted by atomic mass is 16.5. The molecule has 2 amide bonds. The second kappa shape index (κ2) is 4.27. The van der Waals surface area contributed by atoms with Gasteiger partial charge < -0.3 is 20.1 Å². The predicted molar refractivity (Wildman–Crippen MR) is 43.0 cm³/mol. The standard InChI is InChI=1S/C7H14N2O3/c1-11-3-5-6(4-12-2)9-7(10)8-5/h5-6H,3-4H2,1-2H3,(H2,8,9,10)/t5-,6-/m1/s1. The molecule has 5 heteroatoms. The molecule has 0 aromatic carbocycles. The highest BCUT2D eigenvalue weighted by molar-refractivity contribution is 5.77. The van der Waals surface area contributed by atoms with Crippen LogP contribution in [0.15, 0.2) is 0 Å². The zero-order chi connectivity index (χ0) is 8.97. The summed E-state index contributed by atoms with van der Waals surface area (Å²) in [5.74, 6) is 0. The second-order valence-corrected chi connectivity index (χ2v) is 2.74. The SMILES string of the molecule is COC[C@H]1NC(=O)N[C@@H]1COC. The molecule has 2 N–H and O–H groups in total. The van der Waals surface area contributed by atoms with Crippen molar-refractivity contribution in [3.05, 3.63) is 0 Å². The molecule has 5 nitrogen and oxygen atoms in total. The minimum atomic E-state index is -0.154. The zero-order valence-electron chi connectivity index (χ0n) is 7.29. The van der Waals surface area contributed by atoms with E-state index in [0.717, 1.165) is 0 Å². The first kappa shape index (κ1) is 9.28. The Kier molecular flexibility index (Phi) is 3.31. The third kappa shape index (κ3) is 2.09. The van der Waals surface area contributed by atoms with Gasteiger partial charge in [0.25, 0.3) is 0 Å².